The molecule has 0 atom stereocenters. The van der Waals surface area contributed by atoms with E-state index in [2.05, 4.69) is 17.6 Å². The maximum absolute atomic E-state index is 11.3. The van der Waals surface area contributed by atoms with Gasteiger partial charge in [-0.15, -0.1) is 0 Å². The van der Waals surface area contributed by atoms with Gasteiger partial charge in [0.25, 0.3) is 0 Å². The van der Waals surface area contributed by atoms with Crippen LogP contribution in [0.5, 0.6) is 0 Å². The molecule has 0 saturated heterocycles. The minimum Gasteiger partial charge on any atom is -0.333 e. The van der Waals surface area contributed by atoms with Crippen LogP contribution in [0.25, 0.3) is 0 Å². The lowest BCUT2D eigenvalue weighted by Gasteiger charge is -2.20. The zero-order valence-corrected chi connectivity index (χ0v) is 9.48. The van der Waals surface area contributed by atoms with Crippen molar-refractivity contribution in [3.8, 4) is 0 Å². The van der Waals surface area contributed by atoms with E-state index in [1.807, 2.05) is 27.0 Å². The molecule has 1 rings (SSSR count). The van der Waals surface area contributed by atoms with Crippen molar-refractivity contribution in [1.29, 1.82) is 0 Å². The average molecular weight is 196 g/mol. The summed E-state index contributed by atoms with van der Waals surface area (Å²) in [4.78, 5) is 11.3. The van der Waals surface area contributed by atoms with Crippen molar-refractivity contribution in [3.63, 3.8) is 0 Å². The van der Waals surface area contributed by atoms with Gasteiger partial charge in [0.2, 0.25) is 0 Å². The Bertz CT molecular complexity index is 247. The molecule has 80 valence electrons. The van der Waals surface area contributed by atoms with Crippen LogP contribution >= 0.6 is 0 Å². The Morgan fingerprint density at radius 3 is 2.36 bits per heavy atom. The van der Waals surface area contributed by atoms with Crippen molar-refractivity contribution in [3.05, 3.63) is 11.8 Å². The summed E-state index contributed by atoms with van der Waals surface area (Å²) in [5, 5.41) is 5.59. The molecule has 1 aliphatic carbocycles. The van der Waals surface area contributed by atoms with E-state index in [1.165, 1.54) is 18.4 Å². The summed E-state index contributed by atoms with van der Waals surface area (Å²) < 4.78 is 0. The molecule has 1 aliphatic rings. The van der Waals surface area contributed by atoms with Gasteiger partial charge in [-0.25, -0.2) is 4.79 Å². The van der Waals surface area contributed by atoms with Crippen molar-refractivity contribution < 1.29 is 4.79 Å². The molecule has 0 unspecified atom stereocenters. The molecule has 0 bridgehead atoms. The molecule has 0 aliphatic heterocycles. The summed E-state index contributed by atoms with van der Waals surface area (Å²) in [6.07, 6.45) is 4.36. The number of hydrogen-bond donors (Lipinski definition) is 2. The van der Waals surface area contributed by atoms with Crippen LogP contribution in [0.4, 0.5) is 4.79 Å². The van der Waals surface area contributed by atoms with Crippen molar-refractivity contribution in [2.75, 3.05) is 0 Å². The average Bonchev–Trinajstić information content (AvgIpc) is 2.78. The van der Waals surface area contributed by atoms with E-state index >= 15 is 0 Å². The highest BCUT2D eigenvalue weighted by molar-refractivity contribution is 5.75. The van der Waals surface area contributed by atoms with Crippen molar-refractivity contribution in [2.24, 2.45) is 5.92 Å². The van der Waals surface area contributed by atoms with Gasteiger partial charge < -0.3 is 10.6 Å². The highest BCUT2D eigenvalue weighted by Crippen LogP contribution is 2.35. The number of urea groups is 1. The third-order valence-corrected chi connectivity index (χ3v) is 2.14. The smallest absolute Gasteiger partial charge is 0.319 e. The first-order valence-electron chi connectivity index (χ1n) is 5.14. The number of nitrogens with one attached hydrogen (secondary N) is 2. The number of carbonyl (C=O) groups is 1. The molecule has 3 heteroatoms. The van der Waals surface area contributed by atoms with Gasteiger partial charge in [0.15, 0.2) is 0 Å². The van der Waals surface area contributed by atoms with Crippen molar-refractivity contribution in [2.45, 2.75) is 46.1 Å². The molecule has 0 radical (unpaired) electrons. The molecule has 2 N–H and O–H groups in total. The van der Waals surface area contributed by atoms with Gasteiger partial charge in [0, 0.05) is 11.7 Å². The van der Waals surface area contributed by atoms with E-state index in [0.29, 0.717) is 5.92 Å². The van der Waals surface area contributed by atoms with Gasteiger partial charge in [-0.3, -0.25) is 0 Å². The summed E-state index contributed by atoms with van der Waals surface area (Å²) in [6.45, 7) is 7.95. The van der Waals surface area contributed by atoms with E-state index in [-0.39, 0.29) is 11.6 Å². The molecule has 14 heavy (non-hydrogen) atoms. The molecule has 1 saturated carbocycles. The van der Waals surface area contributed by atoms with E-state index in [0.717, 1.165) is 0 Å². The monoisotopic (exact) mass is 196 g/mol. The Balaban J connectivity index is 2.30. The highest BCUT2D eigenvalue weighted by atomic mass is 16.2. The molecular weight excluding hydrogens is 176 g/mol. The number of rotatable bonds is 2. The lowest BCUT2D eigenvalue weighted by molar-refractivity contribution is 0.235. The van der Waals surface area contributed by atoms with E-state index in [9.17, 15) is 4.79 Å². The lowest BCUT2D eigenvalue weighted by atomic mass is 10.1. The first kappa shape index (κ1) is 11.1. The molecule has 0 aromatic heterocycles. The fourth-order valence-corrected chi connectivity index (χ4v) is 1.21. The minimum absolute atomic E-state index is 0.127. The lowest BCUT2D eigenvalue weighted by Crippen LogP contribution is -2.44. The summed E-state index contributed by atoms with van der Waals surface area (Å²) in [6, 6.07) is -0.127. The number of hydrogen-bond acceptors (Lipinski definition) is 1. The fraction of sp³-hybridized carbons (Fsp3) is 0.727. The molecule has 3 nitrogen and oxygen atoms in total. The van der Waals surface area contributed by atoms with Crippen LogP contribution in [-0.4, -0.2) is 11.6 Å². The molecule has 2 amide bonds. The fourth-order valence-electron chi connectivity index (χ4n) is 1.21. The zero-order chi connectivity index (χ0) is 10.8. The molecule has 1 fully saturated rings. The second-order valence-electron chi connectivity index (χ2n) is 5.01. The van der Waals surface area contributed by atoms with Crippen LogP contribution < -0.4 is 10.6 Å². The maximum Gasteiger partial charge on any atom is 0.319 e. The third-order valence-electron chi connectivity index (χ3n) is 2.14. The van der Waals surface area contributed by atoms with E-state index < -0.39 is 0 Å². The van der Waals surface area contributed by atoms with Crippen LogP contribution in [-0.2, 0) is 0 Å². The largest absolute Gasteiger partial charge is 0.333 e. The standard InChI is InChI=1S/C11H20N2O/c1-8(9-5-6-9)7-12-10(14)13-11(2,3)4/h7,9H,5-6H2,1-4H3,(H2,12,13,14)/b8-7+. The summed E-state index contributed by atoms with van der Waals surface area (Å²) >= 11 is 0. The van der Waals surface area contributed by atoms with Crippen LogP contribution in [0, 0.1) is 5.92 Å². The quantitative estimate of drug-likeness (QED) is 0.699. The Hall–Kier alpha value is -0.990. The second-order valence-corrected chi connectivity index (χ2v) is 5.01. The van der Waals surface area contributed by atoms with Gasteiger partial charge in [0.05, 0.1) is 0 Å². The molecule has 0 heterocycles. The van der Waals surface area contributed by atoms with E-state index in [1.54, 1.807) is 0 Å². The molecule has 0 aromatic carbocycles. The number of carbonyl (C=O) groups excluding carboxylic acids is 1. The van der Waals surface area contributed by atoms with Crippen LogP contribution in [0.3, 0.4) is 0 Å². The van der Waals surface area contributed by atoms with Gasteiger partial charge in [-0.05, 0) is 46.5 Å². The third kappa shape index (κ3) is 4.30. The predicted molar refractivity (Wildman–Crippen MR) is 57.9 cm³/mol. The first-order valence-corrected chi connectivity index (χ1v) is 5.14. The maximum atomic E-state index is 11.3. The number of amides is 2. The predicted octanol–water partition coefficient (Wildman–Crippen LogP) is 2.40. The molecule has 0 spiro atoms. The molecular formula is C11H20N2O. The van der Waals surface area contributed by atoms with Crippen LogP contribution in [0.15, 0.2) is 11.8 Å². The van der Waals surface area contributed by atoms with Gasteiger partial charge >= 0.3 is 6.03 Å². The normalized spacial score (nSPS) is 17.9. The Morgan fingerprint density at radius 2 is 1.93 bits per heavy atom. The number of allylic oxidation sites excluding steroid dienone is 1. The highest BCUT2D eigenvalue weighted by Gasteiger charge is 2.23. The Morgan fingerprint density at radius 1 is 1.36 bits per heavy atom. The first-order chi connectivity index (χ1) is 6.38. The van der Waals surface area contributed by atoms with Gasteiger partial charge in [0.1, 0.15) is 0 Å². The molecule has 0 aromatic rings. The Labute approximate surface area is 86.0 Å². The summed E-state index contributed by atoms with van der Waals surface area (Å²) in [5.74, 6) is 0.713. The topological polar surface area (TPSA) is 41.1 Å². The van der Waals surface area contributed by atoms with Gasteiger partial charge in [-0.1, -0.05) is 5.57 Å². The van der Waals surface area contributed by atoms with Crippen LogP contribution in [0.2, 0.25) is 0 Å². The van der Waals surface area contributed by atoms with Gasteiger partial charge in [-0.2, -0.15) is 0 Å². The SMILES string of the molecule is C/C(=C\NC(=O)NC(C)(C)C)C1CC1. The van der Waals surface area contributed by atoms with Crippen molar-refractivity contribution in [1.82, 2.24) is 10.6 Å². The zero-order valence-electron chi connectivity index (χ0n) is 9.48. The Kier molecular flexibility index (Phi) is 3.19. The second kappa shape index (κ2) is 4.03. The van der Waals surface area contributed by atoms with E-state index in [4.69, 9.17) is 0 Å². The summed E-state index contributed by atoms with van der Waals surface area (Å²) in [7, 11) is 0. The minimum atomic E-state index is -0.175. The van der Waals surface area contributed by atoms with Crippen molar-refractivity contribution >= 4 is 6.03 Å². The van der Waals surface area contributed by atoms with Crippen LogP contribution in [0.1, 0.15) is 40.5 Å². The summed E-state index contributed by atoms with van der Waals surface area (Å²) in [5.41, 5.74) is 1.10.